The normalized spacial score (nSPS) is 25.7. The number of aryl methyl sites for hydroxylation is 1. The number of fused-ring (bicyclic) bond motifs is 4. The molecule has 6 heterocycles. The van der Waals surface area contributed by atoms with Gasteiger partial charge < -0.3 is 4.98 Å². The van der Waals surface area contributed by atoms with Crippen LogP contribution in [0.1, 0.15) is 47.3 Å². The van der Waals surface area contributed by atoms with Crippen molar-refractivity contribution in [2.45, 2.75) is 38.6 Å². The van der Waals surface area contributed by atoms with Gasteiger partial charge in [-0.3, -0.25) is 14.8 Å². The molecule has 0 spiro atoms. The minimum atomic E-state index is 0.00260. The molecule has 3 fully saturated rings. The van der Waals surface area contributed by atoms with Crippen molar-refractivity contribution >= 4 is 21.6 Å². The molecule has 6 rings (SSSR count). The van der Waals surface area contributed by atoms with Crippen molar-refractivity contribution in [2.24, 2.45) is 5.92 Å². The summed E-state index contributed by atoms with van der Waals surface area (Å²) in [6.45, 7) is 4.28. The van der Waals surface area contributed by atoms with Gasteiger partial charge >= 0.3 is 0 Å². The number of piperidine rings is 3. The molecule has 6 nitrogen and oxygen atoms in total. The first-order valence-corrected chi connectivity index (χ1v) is 9.74. The standard InChI is InChI=1S/C18H21N5OS/c1-10-12(9-19-22-10)7-13-8-14-16(25-13)18(24)21-17(20-14)15-6-11-2-4-23(15)5-3-11/h8-9,11,15H,2-7H2,1H3,(H,19,22)(H,20,21,24). The Morgan fingerprint density at radius 3 is 2.88 bits per heavy atom. The Hall–Kier alpha value is -1.99. The van der Waals surface area contributed by atoms with E-state index in [0.29, 0.717) is 0 Å². The second-order valence-electron chi connectivity index (χ2n) is 7.31. The molecule has 3 aliphatic rings. The van der Waals surface area contributed by atoms with E-state index < -0.39 is 0 Å². The first-order valence-electron chi connectivity index (χ1n) is 8.93. The van der Waals surface area contributed by atoms with E-state index in [0.717, 1.165) is 58.5 Å². The number of hydrogen-bond acceptors (Lipinski definition) is 5. The van der Waals surface area contributed by atoms with Crippen molar-refractivity contribution in [3.63, 3.8) is 0 Å². The number of aromatic amines is 2. The lowest BCUT2D eigenvalue weighted by atomic mass is 9.83. The highest BCUT2D eigenvalue weighted by Gasteiger charge is 2.35. The fourth-order valence-electron chi connectivity index (χ4n) is 4.24. The summed E-state index contributed by atoms with van der Waals surface area (Å²) in [6, 6.07) is 2.35. The quantitative estimate of drug-likeness (QED) is 0.757. The summed E-state index contributed by atoms with van der Waals surface area (Å²) < 4.78 is 0.732. The predicted octanol–water partition coefficient (Wildman–Crippen LogP) is 2.76. The molecule has 3 aromatic rings. The SMILES string of the molecule is Cc1[nH]ncc1Cc1cc2nc(C3CC4CCN3CC4)[nH]c(=O)c2s1. The average Bonchev–Trinajstić information content (AvgIpc) is 3.22. The Morgan fingerprint density at radius 2 is 2.20 bits per heavy atom. The molecule has 0 amide bonds. The smallest absolute Gasteiger partial charge is 0.268 e. The molecular formula is C18H21N5OS. The number of hydrogen-bond donors (Lipinski definition) is 2. The molecule has 3 aliphatic heterocycles. The van der Waals surface area contributed by atoms with Gasteiger partial charge in [0.25, 0.3) is 5.56 Å². The number of rotatable bonds is 3. The molecule has 2 bridgehead atoms. The van der Waals surface area contributed by atoms with Gasteiger partial charge in [-0.2, -0.15) is 5.10 Å². The first-order chi connectivity index (χ1) is 12.2. The summed E-state index contributed by atoms with van der Waals surface area (Å²) in [6.07, 6.45) is 6.34. The fourth-order valence-corrected chi connectivity index (χ4v) is 5.26. The molecule has 2 N–H and O–H groups in total. The molecular weight excluding hydrogens is 334 g/mol. The number of nitrogens with one attached hydrogen (secondary N) is 2. The third-order valence-corrected chi connectivity index (χ3v) is 6.84. The summed E-state index contributed by atoms with van der Waals surface area (Å²) >= 11 is 1.54. The zero-order valence-electron chi connectivity index (χ0n) is 14.2. The van der Waals surface area contributed by atoms with Gasteiger partial charge in [-0.15, -0.1) is 11.3 Å². The van der Waals surface area contributed by atoms with Crippen LogP contribution in [-0.2, 0) is 6.42 Å². The maximum Gasteiger partial charge on any atom is 0.268 e. The molecule has 7 heteroatoms. The van der Waals surface area contributed by atoms with E-state index in [1.165, 1.54) is 29.7 Å². The number of H-pyrrole nitrogens is 2. The van der Waals surface area contributed by atoms with E-state index in [2.05, 4.69) is 26.1 Å². The lowest BCUT2D eigenvalue weighted by Gasteiger charge is -2.44. The first kappa shape index (κ1) is 15.3. The van der Waals surface area contributed by atoms with Crippen LogP contribution in [0, 0.1) is 12.8 Å². The van der Waals surface area contributed by atoms with Crippen LogP contribution in [0.2, 0.25) is 0 Å². The molecule has 1 unspecified atom stereocenters. The molecule has 0 saturated carbocycles. The van der Waals surface area contributed by atoms with E-state index in [-0.39, 0.29) is 11.6 Å². The minimum Gasteiger partial charge on any atom is -0.308 e. The van der Waals surface area contributed by atoms with Gasteiger partial charge in [0, 0.05) is 17.0 Å². The predicted molar refractivity (Wildman–Crippen MR) is 98.0 cm³/mol. The van der Waals surface area contributed by atoms with Gasteiger partial charge in [0.1, 0.15) is 10.5 Å². The van der Waals surface area contributed by atoms with Crippen molar-refractivity contribution in [2.75, 3.05) is 13.1 Å². The van der Waals surface area contributed by atoms with Crippen LogP contribution >= 0.6 is 11.3 Å². The molecule has 130 valence electrons. The monoisotopic (exact) mass is 355 g/mol. The molecule has 25 heavy (non-hydrogen) atoms. The lowest BCUT2D eigenvalue weighted by molar-refractivity contribution is 0.0445. The number of thiophene rings is 1. The van der Waals surface area contributed by atoms with Crippen LogP contribution < -0.4 is 5.56 Å². The fraction of sp³-hybridized carbons (Fsp3) is 0.500. The average molecular weight is 355 g/mol. The molecule has 3 saturated heterocycles. The number of aromatic nitrogens is 4. The van der Waals surface area contributed by atoms with Crippen LogP contribution in [0.5, 0.6) is 0 Å². The lowest BCUT2D eigenvalue weighted by Crippen LogP contribution is -2.44. The van der Waals surface area contributed by atoms with Gasteiger partial charge in [0.2, 0.25) is 0 Å². The third-order valence-electron chi connectivity index (χ3n) is 5.71. The van der Waals surface area contributed by atoms with Crippen molar-refractivity contribution in [3.05, 3.63) is 44.6 Å². The largest absolute Gasteiger partial charge is 0.308 e. The summed E-state index contributed by atoms with van der Waals surface area (Å²) in [5.74, 6) is 1.64. The molecule has 3 aromatic heterocycles. The van der Waals surface area contributed by atoms with Gasteiger partial charge in [-0.1, -0.05) is 0 Å². The van der Waals surface area contributed by atoms with E-state index in [9.17, 15) is 4.79 Å². The Labute approximate surface area is 149 Å². The summed E-state index contributed by atoms with van der Waals surface area (Å²) in [4.78, 5) is 24.2. The van der Waals surface area contributed by atoms with Crippen molar-refractivity contribution in [1.82, 2.24) is 25.1 Å². The topological polar surface area (TPSA) is 77.7 Å². The van der Waals surface area contributed by atoms with Crippen LogP contribution in [0.25, 0.3) is 10.2 Å². The Morgan fingerprint density at radius 1 is 1.36 bits per heavy atom. The molecule has 0 aliphatic carbocycles. The summed E-state index contributed by atoms with van der Waals surface area (Å²) in [7, 11) is 0. The Balaban J connectivity index is 1.51. The Bertz CT molecular complexity index is 979. The summed E-state index contributed by atoms with van der Waals surface area (Å²) in [5, 5.41) is 7.04. The van der Waals surface area contributed by atoms with E-state index in [4.69, 9.17) is 4.98 Å². The maximum atomic E-state index is 12.6. The van der Waals surface area contributed by atoms with Crippen molar-refractivity contribution in [3.8, 4) is 0 Å². The zero-order valence-corrected chi connectivity index (χ0v) is 15.0. The highest BCUT2D eigenvalue weighted by atomic mass is 32.1. The second kappa shape index (κ2) is 5.78. The van der Waals surface area contributed by atoms with E-state index in [1.54, 1.807) is 0 Å². The highest BCUT2D eigenvalue weighted by molar-refractivity contribution is 7.18. The van der Waals surface area contributed by atoms with Gasteiger partial charge in [0.15, 0.2) is 0 Å². The van der Waals surface area contributed by atoms with E-state index in [1.807, 2.05) is 13.1 Å². The second-order valence-corrected chi connectivity index (χ2v) is 8.44. The van der Waals surface area contributed by atoms with E-state index >= 15 is 0 Å². The Kier molecular flexibility index (Phi) is 3.53. The van der Waals surface area contributed by atoms with Crippen LogP contribution in [0.3, 0.4) is 0 Å². The molecule has 0 aromatic carbocycles. The van der Waals surface area contributed by atoms with Crippen LogP contribution in [0.4, 0.5) is 0 Å². The van der Waals surface area contributed by atoms with Crippen molar-refractivity contribution in [1.29, 1.82) is 0 Å². The van der Waals surface area contributed by atoms with Gasteiger partial charge in [0.05, 0.1) is 17.8 Å². The van der Waals surface area contributed by atoms with Gasteiger partial charge in [-0.05, 0) is 56.8 Å². The molecule has 1 atom stereocenters. The zero-order chi connectivity index (χ0) is 17.0. The minimum absolute atomic E-state index is 0.00260. The van der Waals surface area contributed by atoms with Crippen molar-refractivity contribution < 1.29 is 0 Å². The van der Waals surface area contributed by atoms with Crippen LogP contribution in [-0.4, -0.2) is 38.2 Å². The van der Waals surface area contributed by atoms with Gasteiger partial charge in [-0.25, -0.2) is 4.98 Å². The molecule has 0 radical (unpaired) electrons. The van der Waals surface area contributed by atoms with Crippen LogP contribution in [0.15, 0.2) is 17.1 Å². The number of nitrogens with zero attached hydrogens (tertiary/aromatic N) is 3. The maximum absolute atomic E-state index is 12.6. The third kappa shape index (κ3) is 2.62. The summed E-state index contributed by atoms with van der Waals surface area (Å²) in [5.41, 5.74) is 3.08. The highest BCUT2D eigenvalue weighted by Crippen LogP contribution is 2.39.